The van der Waals surface area contributed by atoms with Gasteiger partial charge in [-0.25, -0.2) is 13.6 Å². The quantitative estimate of drug-likeness (QED) is 0.847. The number of ether oxygens (including phenoxy) is 1. The Kier molecular flexibility index (Phi) is 5.87. The molecule has 22 heavy (non-hydrogen) atoms. The minimum absolute atomic E-state index is 0.271. The Balaban J connectivity index is 1.90. The predicted molar refractivity (Wildman–Crippen MR) is 79.5 cm³/mol. The summed E-state index contributed by atoms with van der Waals surface area (Å²) >= 11 is 0.900. The van der Waals surface area contributed by atoms with Crippen molar-refractivity contribution in [1.29, 1.82) is 0 Å². The van der Waals surface area contributed by atoms with Crippen LogP contribution in [-0.2, 0) is 4.74 Å². The lowest BCUT2D eigenvalue weighted by atomic mass is 10.2. The fourth-order valence-corrected chi connectivity index (χ4v) is 2.81. The summed E-state index contributed by atoms with van der Waals surface area (Å²) in [6, 6.07) is 0. The number of hydrogen-bond acceptors (Lipinski definition) is 6. The van der Waals surface area contributed by atoms with E-state index < -0.39 is 6.43 Å². The van der Waals surface area contributed by atoms with Gasteiger partial charge in [0.15, 0.2) is 5.01 Å². The van der Waals surface area contributed by atoms with E-state index in [0.717, 1.165) is 17.8 Å². The maximum atomic E-state index is 12.6. The lowest BCUT2D eigenvalue weighted by molar-refractivity contribution is 0.0943. The van der Waals surface area contributed by atoms with Crippen LogP contribution in [0.5, 0.6) is 0 Å². The van der Waals surface area contributed by atoms with Gasteiger partial charge in [0.25, 0.3) is 6.43 Å². The summed E-state index contributed by atoms with van der Waals surface area (Å²) in [7, 11) is 0. The average molecular weight is 334 g/mol. The van der Waals surface area contributed by atoms with Gasteiger partial charge >= 0.3 is 6.09 Å². The van der Waals surface area contributed by atoms with E-state index in [1.807, 2.05) is 18.7 Å². The zero-order valence-electron chi connectivity index (χ0n) is 12.7. The number of carbonyl (C=O) groups excluding carboxylic acids is 1. The standard InChI is InChI=1S/C13H20F2N4O2S/c1-9(2)8-21-13(20)19-5-3-4-18(6-7-19)12-17-16-11(22-12)10(14)15/h9-10H,3-8H2,1-2H3. The summed E-state index contributed by atoms with van der Waals surface area (Å²) in [5, 5.41) is 7.52. The van der Waals surface area contributed by atoms with Crippen molar-refractivity contribution in [2.45, 2.75) is 26.7 Å². The molecular weight excluding hydrogens is 314 g/mol. The lowest BCUT2D eigenvalue weighted by Crippen LogP contribution is -2.36. The molecule has 0 aromatic carbocycles. The number of amides is 1. The van der Waals surface area contributed by atoms with Crippen molar-refractivity contribution in [3.63, 3.8) is 0 Å². The number of halogens is 2. The van der Waals surface area contributed by atoms with E-state index in [2.05, 4.69) is 10.2 Å². The van der Waals surface area contributed by atoms with Crippen molar-refractivity contribution in [2.24, 2.45) is 5.92 Å². The van der Waals surface area contributed by atoms with Crippen molar-refractivity contribution < 1.29 is 18.3 Å². The fourth-order valence-electron chi connectivity index (χ4n) is 2.06. The van der Waals surface area contributed by atoms with Gasteiger partial charge in [0.2, 0.25) is 5.13 Å². The van der Waals surface area contributed by atoms with E-state index >= 15 is 0 Å². The molecule has 1 aromatic heterocycles. The van der Waals surface area contributed by atoms with Crippen molar-refractivity contribution in [1.82, 2.24) is 15.1 Å². The first-order chi connectivity index (χ1) is 10.5. The number of carbonyl (C=O) groups is 1. The van der Waals surface area contributed by atoms with Crippen LogP contribution in [0.2, 0.25) is 0 Å². The third-order valence-corrected chi connectivity index (χ3v) is 4.17. The molecular formula is C13H20F2N4O2S. The molecule has 2 heterocycles. The summed E-state index contributed by atoms with van der Waals surface area (Å²) in [6.07, 6.45) is -2.18. The van der Waals surface area contributed by atoms with Gasteiger partial charge in [-0.3, -0.25) is 0 Å². The molecule has 0 N–H and O–H groups in total. The molecule has 0 aliphatic carbocycles. The Bertz CT molecular complexity index is 498. The molecule has 1 saturated heterocycles. The topological polar surface area (TPSA) is 58.6 Å². The van der Waals surface area contributed by atoms with Crippen LogP contribution in [0.4, 0.5) is 18.7 Å². The molecule has 1 amide bonds. The first-order valence-electron chi connectivity index (χ1n) is 7.25. The smallest absolute Gasteiger partial charge is 0.409 e. The summed E-state index contributed by atoms with van der Waals surface area (Å²) in [6.45, 7) is 6.63. The molecule has 124 valence electrons. The number of nitrogens with zero attached hydrogens (tertiary/aromatic N) is 4. The summed E-state index contributed by atoms with van der Waals surface area (Å²) in [4.78, 5) is 15.5. The molecule has 1 aromatic rings. The summed E-state index contributed by atoms with van der Waals surface area (Å²) < 4.78 is 30.4. The van der Waals surface area contributed by atoms with Crippen molar-refractivity contribution >= 4 is 22.6 Å². The average Bonchev–Trinajstić information content (AvgIpc) is 2.83. The van der Waals surface area contributed by atoms with E-state index in [-0.39, 0.29) is 11.1 Å². The zero-order chi connectivity index (χ0) is 16.1. The van der Waals surface area contributed by atoms with Crippen LogP contribution in [-0.4, -0.2) is 54.0 Å². The Morgan fingerprint density at radius 1 is 1.27 bits per heavy atom. The third kappa shape index (κ3) is 4.49. The molecule has 6 nitrogen and oxygen atoms in total. The van der Waals surface area contributed by atoms with Crippen molar-refractivity contribution in [3.05, 3.63) is 5.01 Å². The lowest BCUT2D eigenvalue weighted by Gasteiger charge is -2.21. The Morgan fingerprint density at radius 3 is 2.68 bits per heavy atom. The maximum Gasteiger partial charge on any atom is 0.409 e. The maximum absolute atomic E-state index is 12.6. The monoisotopic (exact) mass is 334 g/mol. The van der Waals surface area contributed by atoms with E-state index in [9.17, 15) is 13.6 Å². The first kappa shape index (κ1) is 16.9. The van der Waals surface area contributed by atoms with Crippen molar-refractivity contribution in [2.75, 3.05) is 37.7 Å². The molecule has 0 unspecified atom stereocenters. The van der Waals surface area contributed by atoms with Crippen molar-refractivity contribution in [3.8, 4) is 0 Å². The summed E-state index contributed by atoms with van der Waals surface area (Å²) in [5.41, 5.74) is 0. The Hall–Kier alpha value is -1.51. The van der Waals surface area contributed by atoms with Gasteiger partial charge < -0.3 is 14.5 Å². The molecule has 0 saturated carbocycles. The highest BCUT2D eigenvalue weighted by molar-refractivity contribution is 7.15. The Morgan fingerprint density at radius 2 is 2.05 bits per heavy atom. The van der Waals surface area contributed by atoms with Gasteiger partial charge in [-0.2, -0.15) is 0 Å². The second-order valence-electron chi connectivity index (χ2n) is 5.52. The minimum atomic E-state index is -2.60. The molecule has 1 fully saturated rings. The SMILES string of the molecule is CC(C)COC(=O)N1CCCN(c2nnc(C(F)F)s2)CC1. The summed E-state index contributed by atoms with van der Waals surface area (Å²) in [5.74, 6) is 0.293. The second-order valence-corrected chi connectivity index (χ2v) is 6.51. The van der Waals surface area contributed by atoms with Crippen LogP contribution >= 0.6 is 11.3 Å². The number of aromatic nitrogens is 2. The number of rotatable bonds is 4. The van der Waals surface area contributed by atoms with E-state index in [4.69, 9.17) is 4.74 Å². The zero-order valence-corrected chi connectivity index (χ0v) is 13.5. The van der Waals surface area contributed by atoms with Gasteiger partial charge in [-0.1, -0.05) is 25.2 Å². The van der Waals surface area contributed by atoms with Gasteiger partial charge in [0.1, 0.15) is 0 Å². The largest absolute Gasteiger partial charge is 0.449 e. The highest BCUT2D eigenvalue weighted by Gasteiger charge is 2.23. The van der Waals surface area contributed by atoms with Crippen LogP contribution in [0.1, 0.15) is 31.7 Å². The first-order valence-corrected chi connectivity index (χ1v) is 8.07. The van der Waals surface area contributed by atoms with E-state index in [0.29, 0.717) is 43.8 Å². The highest BCUT2D eigenvalue weighted by Crippen LogP contribution is 2.28. The van der Waals surface area contributed by atoms with E-state index in [1.165, 1.54) is 0 Å². The van der Waals surface area contributed by atoms with Crippen LogP contribution in [0.3, 0.4) is 0 Å². The number of hydrogen-bond donors (Lipinski definition) is 0. The van der Waals surface area contributed by atoms with Crippen LogP contribution in [0.15, 0.2) is 0 Å². The molecule has 9 heteroatoms. The molecule has 2 rings (SSSR count). The third-order valence-electron chi connectivity index (χ3n) is 3.18. The van der Waals surface area contributed by atoms with Gasteiger partial charge in [0.05, 0.1) is 6.61 Å². The molecule has 0 spiro atoms. The molecule has 0 bridgehead atoms. The molecule has 0 atom stereocenters. The minimum Gasteiger partial charge on any atom is -0.449 e. The Labute approximate surface area is 132 Å². The van der Waals surface area contributed by atoms with E-state index in [1.54, 1.807) is 4.90 Å². The van der Waals surface area contributed by atoms with Gasteiger partial charge in [0, 0.05) is 26.2 Å². The number of anilines is 1. The van der Waals surface area contributed by atoms with Crippen LogP contribution in [0, 0.1) is 5.92 Å². The second kappa shape index (κ2) is 7.66. The molecule has 1 aliphatic heterocycles. The predicted octanol–water partition coefficient (Wildman–Crippen LogP) is 2.78. The highest BCUT2D eigenvalue weighted by atomic mass is 32.1. The van der Waals surface area contributed by atoms with Crippen LogP contribution in [0.25, 0.3) is 0 Å². The number of alkyl halides is 2. The van der Waals surface area contributed by atoms with Gasteiger partial charge in [-0.05, 0) is 12.3 Å². The fraction of sp³-hybridized carbons (Fsp3) is 0.769. The van der Waals surface area contributed by atoms with Gasteiger partial charge in [-0.15, -0.1) is 10.2 Å². The normalized spacial score (nSPS) is 16.3. The molecule has 0 radical (unpaired) electrons. The molecule has 1 aliphatic rings. The van der Waals surface area contributed by atoms with Crippen LogP contribution < -0.4 is 4.90 Å².